The van der Waals surface area contributed by atoms with Crippen molar-refractivity contribution in [1.82, 2.24) is 10.6 Å². The number of nitro benzene ring substituents is 1. The normalized spacial score (nSPS) is 17.4. The van der Waals surface area contributed by atoms with E-state index in [0.29, 0.717) is 12.8 Å². The maximum absolute atomic E-state index is 12.0. The van der Waals surface area contributed by atoms with E-state index in [-0.39, 0.29) is 34.8 Å². The standard InChI is InChI=1S/C12H13ClN4O4/c13-8-3-6(4-9(11(8)14)17(20)21)12(19)15-5-7-1-2-10(18)16-7/h3-4,7H,1-2,5,14H2,(H,15,19)(H,16,18). The Labute approximate surface area is 124 Å². The van der Waals surface area contributed by atoms with Gasteiger partial charge in [-0.15, -0.1) is 0 Å². The Kier molecular flexibility index (Phi) is 4.27. The predicted octanol–water partition coefficient (Wildman–Crippen LogP) is 0.839. The number of nitro groups is 1. The van der Waals surface area contributed by atoms with Crippen molar-refractivity contribution in [3.05, 3.63) is 32.8 Å². The first-order valence-electron chi connectivity index (χ1n) is 6.19. The Bertz CT molecular complexity index is 620. The Morgan fingerprint density at radius 1 is 1.57 bits per heavy atom. The number of carbonyl (C=O) groups is 2. The van der Waals surface area contributed by atoms with Crippen LogP contribution in [0.15, 0.2) is 12.1 Å². The maximum atomic E-state index is 12.0. The number of nitrogen functional groups attached to an aromatic ring is 1. The lowest BCUT2D eigenvalue weighted by atomic mass is 10.1. The van der Waals surface area contributed by atoms with Gasteiger partial charge < -0.3 is 16.4 Å². The molecule has 1 saturated heterocycles. The number of halogens is 1. The average molecular weight is 313 g/mol. The Hall–Kier alpha value is -2.35. The molecule has 8 nitrogen and oxygen atoms in total. The van der Waals surface area contributed by atoms with Gasteiger partial charge in [-0.05, 0) is 12.5 Å². The van der Waals surface area contributed by atoms with Crippen LogP contribution < -0.4 is 16.4 Å². The Morgan fingerprint density at radius 2 is 2.29 bits per heavy atom. The van der Waals surface area contributed by atoms with E-state index >= 15 is 0 Å². The van der Waals surface area contributed by atoms with E-state index < -0.39 is 16.5 Å². The van der Waals surface area contributed by atoms with Crippen molar-refractivity contribution < 1.29 is 14.5 Å². The number of nitrogens with one attached hydrogen (secondary N) is 2. The maximum Gasteiger partial charge on any atom is 0.294 e. The molecule has 0 aliphatic carbocycles. The summed E-state index contributed by atoms with van der Waals surface area (Å²) in [7, 11) is 0. The van der Waals surface area contributed by atoms with Crippen LogP contribution in [0.1, 0.15) is 23.2 Å². The van der Waals surface area contributed by atoms with Crippen molar-refractivity contribution in [3.8, 4) is 0 Å². The van der Waals surface area contributed by atoms with Gasteiger partial charge in [0, 0.05) is 30.6 Å². The highest BCUT2D eigenvalue weighted by molar-refractivity contribution is 6.34. The number of hydrogen-bond donors (Lipinski definition) is 3. The van der Waals surface area contributed by atoms with Crippen LogP contribution in [0.2, 0.25) is 5.02 Å². The molecule has 2 amide bonds. The van der Waals surface area contributed by atoms with Crippen molar-refractivity contribution in [3.63, 3.8) is 0 Å². The van der Waals surface area contributed by atoms with Crippen LogP contribution in [0.4, 0.5) is 11.4 Å². The van der Waals surface area contributed by atoms with E-state index in [1.54, 1.807) is 0 Å². The second-order valence-corrected chi connectivity index (χ2v) is 5.07. The number of nitrogens with two attached hydrogens (primary N) is 1. The predicted molar refractivity (Wildman–Crippen MR) is 76.0 cm³/mol. The first-order chi connectivity index (χ1) is 9.88. The van der Waals surface area contributed by atoms with Crippen molar-refractivity contribution >= 4 is 34.8 Å². The summed E-state index contributed by atoms with van der Waals surface area (Å²) in [5.74, 6) is -0.568. The first-order valence-corrected chi connectivity index (χ1v) is 6.57. The highest BCUT2D eigenvalue weighted by atomic mass is 35.5. The van der Waals surface area contributed by atoms with E-state index in [0.717, 1.165) is 6.07 Å². The van der Waals surface area contributed by atoms with Crippen LogP contribution in [0.5, 0.6) is 0 Å². The minimum absolute atomic E-state index is 0.0465. The van der Waals surface area contributed by atoms with Crippen LogP contribution in [0.3, 0.4) is 0 Å². The van der Waals surface area contributed by atoms with Gasteiger partial charge in [0.05, 0.1) is 9.95 Å². The molecule has 21 heavy (non-hydrogen) atoms. The summed E-state index contributed by atoms with van der Waals surface area (Å²) < 4.78 is 0. The van der Waals surface area contributed by atoms with Gasteiger partial charge in [-0.1, -0.05) is 11.6 Å². The molecule has 0 aromatic heterocycles. The third-order valence-electron chi connectivity index (χ3n) is 3.16. The SMILES string of the molecule is Nc1c(Cl)cc(C(=O)NCC2CCC(=O)N2)cc1[N+](=O)[O-]. The summed E-state index contributed by atoms with van der Waals surface area (Å²) in [6, 6.07) is 2.22. The minimum atomic E-state index is -0.699. The van der Waals surface area contributed by atoms with E-state index in [1.807, 2.05) is 0 Å². The van der Waals surface area contributed by atoms with Crippen LogP contribution >= 0.6 is 11.6 Å². The summed E-state index contributed by atoms with van der Waals surface area (Å²) in [6.45, 7) is 0.250. The minimum Gasteiger partial charge on any atom is -0.392 e. The average Bonchev–Trinajstić information content (AvgIpc) is 2.84. The number of hydrogen-bond acceptors (Lipinski definition) is 5. The second-order valence-electron chi connectivity index (χ2n) is 4.66. The Morgan fingerprint density at radius 3 is 2.86 bits per heavy atom. The topological polar surface area (TPSA) is 127 Å². The number of amides is 2. The summed E-state index contributed by atoms with van der Waals surface area (Å²) in [5, 5.41) is 16.1. The van der Waals surface area contributed by atoms with Gasteiger partial charge in [-0.3, -0.25) is 19.7 Å². The largest absolute Gasteiger partial charge is 0.392 e. The van der Waals surface area contributed by atoms with Crippen molar-refractivity contribution in [2.24, 2.45) is 0 Å². The molecule has 0 bridgehead atoms. The summed E-state index contributed by atoms with van der Waals surface area (Å²) >= 11 is 5.79. The zero-order chi connectivity index (χ0) is 15.6. The molecule has 1 unspecified atom stereocenters. The van der Waals surface area contributed by atoms with Crippen molar-refractivity contribution in [2.75, 3.05) is 12.3 Å². The lowest BCUT2D eigenvalue weighted by molar-refractivity contribution is -0.383. The number of carbonyl (C=O) groups excluding carboxylic acids is 2. The summed E-state index contributed by atoms with van der Waals surface area (Å²) in [4.78, 5) is 33.2. The van der Waals surface area contributed by atoms with E-state index in [9.17, 15) is 19.7 Å². The van der Waals surface area contributed by atoms with Gasteiger partial charge in [0.15, 0.2) is 0 Å². The third kappa shape index (κ3) is 3.40. The van der Waals surface area contributed by atoms with E-state index in [4.69, 9.17) is 17.3 Å². The molecule has 1 aromatic carbocycles. The molecule has 2 rings (SSSR count). The molecule has 9 heteroatoms. The van der Waals surface area contributed by atoms with Gasteiger partial charge in [-0.25, -0.2) is 0 Å². The molecule has 112 valence electrons. The number of anilines is 1. The van der Waals surface area contributed by atoms with E-state index in [2.05, 4.69) is 10.6 Å². The van der Waals surface area contributed by atoms with Gasteiger partial charge in [0.1, 0.15) is 5.69 Å². The van der Waals surface area contributed by atoms with Crippen molar-refractivity contribution in [2.45, 2.75) is 18.9 Å². The van der Waals surface area contributed by atoms with Gasteiger partial charge in [-0.2, -0.15) is 0 Å². The molecule has 1 aliphatic rings. The molecule has 4 N–H and O–H groups in total. The second kappa shape index (κ2) is 5.96. The summed E-state index contributed by atoms with van der Waals surface area (Å²) in [5.41, 5.74) is 4.94. The molecule has 1 aromatic rings. The molecule has 0 radical (unpaired) electrons. The highest BCUT2D eigenvalue weighted by Gasteiger charge is 2.23. The van der Waals surface area contributed by atoms with Crippen LogP contribution in [-0.2, 0) is 4.79 Å². The van der Waals surface area contributed by atoms with E-state index in [1.165, 1.54) is 6.07 Å². The molecule has 1 heterocycles. The lowest BCUT2D eigenvalue weighted by Crippen LogP contribution is -2.38. The van der Waals surface area contributed by atoms with Crippen LogP contribution in [0, 0.1) is 10.1 Å². The summed E-state index contributed by atoms with van der Waals surface area (Å²) in [6.07, 6.45) is 1.07. The van der Waals surface area contributed by atoms with Gasteiger partial charge in [0.2, 0.25) is 5.91 Å². The monoisotopic (exact) mass is 312 g/mol. The molecule has 1 fully saturated rings. The molecule has 0 spiro atoms. The number of nitrogens with zero attached hydrogens (tertiary/aromatic N) is 1. The molecule has 1 aliphatic heterocycles. The lowest BCUT2D eigenvalue weighted by Gasteiger charge is -2.11. The number of benzene rings is 1. The highest BCUT2D eigenvalue weighted by Crippen LogP contribution is 2.30. The molecular weight excluding hydrogens is 300 g/mol. The van der Waals surface area contributed by atoms with Gasteiger partial charge in [0.25, 0.3) is 11.6 Å². The van der Waals surface area contributed by atoms with Crippen molar-refractivity contribution in [1.29, 1.82) is 0 Å². The smallest absolute Gasteiger partial charge is 0.294 e. The molecule has 1 atom stereocenters. The first kappa shape index (κ1) is 15.0. The fourth-order valence-electron chi connectivity index (χ4n) is 2.03. The quantitative estimate of drug-likeness (QED) is 0.431. The third-order valence-corrected chi connectivity index (χ3v) is 3.47. The molecular formula is C12H13ClN4O4. The zero-order valence-electron chi connectivity index (χ0n) is 10.9. The van der Waals surface area contributed by atoms with Crippen LogP contribution in [-0.4, -0.2) is 29.3 Å². The number of rotatable bonds is 4. The van der Waals surface area contributed by atoms with Crippen LogP contribution in [0.25, 0.3) is 0 Å². The van der Waals surface area contributed by atoms with Gasteiger partial charge >= 0.3 is 0 Å². The Balaban J connectivity index is 2.08. The zero-order valence-corrected chi connectivity index (χ0v) is 11.6. The fourth-order valence-corrected chi connectivity index (χ4v) is 2.25. The molecule has 0 saturated carbocycles. The fraction of sp³-hybridized carbons (Fsp3) is 0.333.